The maximum Gasteiger partial charge on any atom is 0.573 e. The third kappa shape index (κ3) is 5.59. The zero-order valence-electron chi connectivity index (χ0n) is 15.7. The summed E-state index contributed by atoms with van der Waals surface area (Å²) in [4.78, 5) is 19.9. The third-order valence-corrected chi connectivity index (χ3v) is 4.54. The number of carbonyl (C=O) groups excluding carboxylic acids is 1. The molecule has 0 radical (unpaired) electrons. The van der Waals surface area contributed by atoms with Crippen molar-refractivity contribution < 1.29 is 22.7 Å². The van der Waals surface area contributed by atoms with Crippen LogP contribution in [0.2, 0.25) is 0 Å². The lowest BCUT2D eigenvalue weighted by Crippen LogP contribution is -2.41. The molecule has 2 amide bonds. The SMILES string of the molecule is Cc1cn(-c2ccc(OC(F)(F)F)cc2)/c(=N/C(=O)N(C(C)C)C(C)C)s1. The Bertz CT molecular complexity index is 844. The first-order valence-electron chi connectivity index (χ1n) is 8.40. The third-order valence-electron chi connectivity index (χ3n) is 3.64. The second kappa shape index (κ2) is 8.16. The molecular formula is C18H22F3N3O2S. The number of rotatable bonds is 4. The van der Waals surface area contributed by atoms with Crippen LogP contribution >= 0.6 is 11.3 Å². The molecule has 2 aromatic rings. The van der Waals surface area contributed by atoms with Gasteiger partial charge in [-0.1, -0.05) is 0 Å². The summed E-state index contributed by atoms with van der Waals surface area (Å²) in [5.41, 5.74) is 0.584. The van der Waals surface area contributed by atoms with E-state index in [0.29, 0.717) is 10.5 Å². The first kappa shape index (κ1) is 21.0. The fraction of sp³-hybridized carbons (Fsp3) is 0.444. The number of carbonyl (C=O) groups is 1. The van der Waals surface area contributed by atoms with Crippen LogP contribution in [0.1, 0.15) is 32.6 Å². The van der Waals surface area contributed by atoms with Crippen LogP contribution in [-0.4, -0.2) is 33.9 Å². The summed E-state index contributed by atoms with van der Waals surface area (Å²) in [6.07, 6.45) is -2.96. The van der Waals surface area contributed by atoms with Crippen molar-refractivity contribution >= 4 is 17.4 Å². The number of thiazole rings is 1. The highest BCUT2D eigenvalue weighted by Gasteiger charge is 2.31. The van der Waals surface area contributed by atoms with Crippen LogP contribution in [-0.2, 0) is 0 Å². The van der Waals surface area contributed by atoms with Crippen LogP contribution in [0.25, 0.3) is 5.69 Å². The molecule has 9 heteroatoms. The van der Waals surface area contributed by atoms with E-state index >= 15 is 0 Å². The van der Waals surface area contributed by atoms with Crippen molar-refractivity contribution in [2.75, 3.05) is 0 Å². The Hall–Kier alpha value is -2.29. The van der Waals surface area contributed by atoms with Crippen molar-refractivity contribution in [1.29, 1.82) is 0 Å². The number of nitrogens with zero attached hydrogens (tertiary/aromatic N) is 3. The standard InChI is InChI=1S/C18H22F3N3O2S/c1-11(2)24(12(3)4)16(25)22-17-23(10-13(5)27-17)14-6-8-15(9-7-14)26-18(19,20)21/h6-12H,1-5H3/b22-17-. The monoisotopic (exact) mass is 401 g/mol. The van der Waals surface area contributed by atoms with E-state index in [4.69, 9.17) is 0 Å². The Morgan fingerprint density at radius 2 is 1.70 bits per heavy atom. The van der Waals surface area contributed by atoms with Gasteiger partial charge in [-0.2, -0.15) is 4.99 Å². The summed E-state index contributed by atoms with van der Waals surface area (Å²) in [7, 11) is 0. The van der Waals surface area contributed by atoms with E-state index in [1.807, 2.05) is 34.6 Å². The van der Waals surface area contributed by atoms with Gasteiger partial charge in [-0.05, 0) is 58.9 Å². The van der Waals surface area contributed by atoms with Gasteiger partial charge >= 0.3 is 12.4 Å². The van der Waals surface area contributed by atoms with Crippen LogP contribution in [0.4, 0.5) is 18.0 Å². The molecule has 0 N–H and O–H groups in total. The van der Waals surface area contributed by atoms with E-state index in [-0.39, 0.29) is 23.9 Å². The summed E-state index contributed by atoms with van der Waals surface area (Å²) in [5, 5.41) is 0. The van der Waals surface area contributed by atoms with Gasteiger partial charge in [-0.25, -0.2) is 4.79 Å². The molecule has 0 bridgehead atoms. The topological polar surface area (TPSA) is 46.8 Å². The van der Waals surface area contributed by atoms with Gasteiger partial charge in [-0.3, -0.25) is 4.57 Å². The zero-order chi connectivity index (χ0) is 20.4. The number of urea groups is 1. The van der Waals surface area contributed by atoms with Crippen molar-refractivity contribution in [2.45, 2.75) is 53.1 Å². The van der Waals surface area contributed by atoms with E-state index in [9.17, 15) is 18.0 Å². The van der Waals surface area contributed by atoms with Gasteiger partial charge in [-0.15, -0.1) is 24.5 Å². The van der Waals surface area contributed by atoms with Crippen LogP contribution < -0.4 is 9.54 Å². The molecule has 0 unspecified atom stereocenters. The lowest BCUT2D eigenvalue weighted by molar-refractivity contribution is -0.274. The Labute approximate surface area is 159 Å². The zero-order valence-corrected chi connectivity index (χ0v) is 16.6. The number of aromatic nitrogens is 1. The van der Waals surface area contributed by atoms with Gasteiger partial charge in [0.05, 0.1) is 0 Å². The number of hydrogen-bond donors (Lipinski definition) is 0. The van der Waals surface area contributed by atoms with Gasteiger partial charge < -0.3 is 9.64 Å². The molecule has 148 valence electrons. The molecule has 0 saturated carbocycles. The summed E-state index contributed by atoms with van der Waals surface area (Å²) in [5.74, 6) is -0.306. The molecule has 0 fully saturated rings. The summed E-state index contributed by atoms with van der Waals surface area (Å²) in [6, 6.07) is 5.06. The summed E-state index contributed by atoms with van der Waals surface area (Å²) < 4.78 is 42.5. The maximum absolute atomic E-state index is 12.6. The second-order valence-electron chi connectivity index (χ2n) is 6.53. The van der Waals surface area contributed by atoms with Gasteiger partial charge in [0.2, 0.25) is 0 Å². The molecule has 0 aliphatic carbocycles. The first-order chi connectivity index (χ1) is 12.5. The molecular weight excluding hydrogens is 379 g/mol. The fourth-order valence-corrected chi connectivity index (χ4v) is 3.53. The van der Waals surface area contributed by atoms with Crippen molar-refractivity contribution in [3.05, 3.63) is 40.1 Å². The van der Waals surface area contributed by atoms with Crippen LogP contribution in [0.5, 0.6) is 5.75 Å². The highest BCUT2D eigenvalue weighted by Crippen LogP contribution is 2.23. The van der Waals surface area contributed by atoms with Gasteiger partial charge in [0.1, 0.15) is 5.75 Å². The van der Waals surface area contributed by atoms with E-state index in [1.54, 1.807) is 15.7 Å². The number of halogens is 3. The summed E-state index contributed by atoms with van der Waals surface area (Å²) in [6.45, 7) is 9.54. The number of amides is 2. The second-order valence-corrected chi connectivity index (χ2v) is 7.74. The Balaban J connectivity index is 2.39. The molecule has 0 saturated heterocycles. The first-order valence-corrected chi connectivity index (χ1v) is 9.22. The molecule has 0 aliphatic heterocycles. The number of aryl methyl sites for hydroxylation is 1. The van der Waals surface area contributed by atoms with E-state index in [1.165, 1.54) is 35.6 Å². The number of ether oxygens (including phenoxy) is 1. The van der Waals surface area contributed by atoms with Crippen LogP contribution in [0.15, 0.2) is 35.5 Å². The Kier molecular flexibility index (Phi) is 6.35. The molecule has 5 nitrogen and oxygen atoms in total. The molecule has 0 aliphatic rings. The minimum absolute atomic E-state index is 0.00504. The minimum Gasteiger partial charge on any atom is -0.406 e. The molecule has 27 heavy (non-hydrogen) atoms. The predicted octanol–water partition coefficient (Wildman–Crippen LogP) is 4.89. The average molecular weight is 401 g/mol. The molecule has 1 aromatic carbocycles. The maximum atomic E-state index is 12.6. The molecule has 2 rings (SSSR count). The molecule has 1 aromatic heterocycles. The van der Waals surface area contributed by atoms with E-state index in [2.05, 4.69) is 9.73 Å². The Morgan fingerprint density at radius 3 is 2.19 bits per heavy atom. The number of hydrogen-bond acceptors (Lipinski definition) is 3. The average Bonchev–Trinajstić information content (AvgIpc) is 2.86. The lowest BCUT2D eigenvalue weighted by Gasteiger charge is -2.28. The predicted molar refractivity (Wildman–Crippen MR) is 98.1 cm³/mol. The number of benzene rings is 1. The molecule has 0 atom stereocenters. The van der Waals surface area contributed by atoms with Crippen molar-refractivity contribution in [3.63, 3.8) is 0 Å². The smallest absolute Gasteiger partial charge is 0.406 e. The molecule has 0 spiro atoms. The summed E-state index contributed by atoms with van der Waals surface area (Å²) >= 11 is 1.33. The number of alkyl halides is 3. The van der Waals surface area contributed by atoms with E-state index in [0.717, 1.165) is 4.88 Å². The fourth-order valence-electron chi connectivity index (χ4n) is 2.70. The quantitative estimate of drug-likeness (QED) is 0.733. The van der Waals surface area contributed by atoms with Gasteiger partial charge in [0.25, 0.3) is 0 Å². The minimum atomic E-state index is -4.74. The van der Waals surface area contributed by atoms with Crippen molar-refractivity contribution in [3.8, 4) is 11.4 Å². The van der Waals surface area contributed by atoms with E-state index < -0.39 is 6.36 Å². The van der Waals surface area contributed by atoms with Crippen LogP contribution in [0.3, 0.4) is 0 Å². The Morgan fingerprint density at radius 1 is 1.15 bits per heavy atom. The van der Waals surface area contributed by atoms with Crippen LogP contribution in [0, 0.1) is 6.92 Å². The van der Waals surface area contributed by atoms with Crippen molar-refractivity contribution in [2.24, 2.45) is 4.99 Å². The van der Waals surface area contributed by atoms with Gasteiger partial charge in [0, 0.05) is 28.8 Å². The highest BCUT2D eigenvalue weighted by atomic mass is 32.1. The molecule has 1 heterocycles. The van der Waals surface area contributed by atoms with Gasteiger partial charge in [0.15, 0.2) is 4.80 Å². The lowest BCUT2D eigenvalue weighted by atomic mass is 10.2. The van der Waals surface area contributed by atoms with Crippen molar-refractivity contribution in [1.82, 2.24) is 9.47 Å². The normalized spacial score (nSPS) is 12.7. The largest absolute Gasteiger partial charge is 0.573 e. The highest BCUT2D eigenvalue weighted by molar-refractivity contribution is 7.09.